The van der Waals surface area contributed by atoms with Crippen LogP contribution in [0.5, 0.6) is 0 Å². The van der Waals surface area contributed by atoms with Crippen LogP contribution in [0.4, 0.5) is 5.69 Å². The number of morpholine rings is 1. The Morgan fingerprint density at radius 2 is 2.17 bits per heavy atom. The summed E-state index contributed by atoms with van der Waals surface area (Å²) in [6, 6.07) is 7.88. The molecule has 0 atom stereocenters. The molecular formula is C13H18N2O3. The topological polar surface area (TPSA) is 61.8 Å². The SMILES string of the molecule is O=C(O)CNc1cccc(CN2CCOCC2)c1. The van der Waals surface area contributed by atoms with E-state index in [9.17, 15) is 4.79 Å². The van der Waals surface area contributed by atoms with E-state index in [1.807, 2.05) is 18.2 Å². The van der Waals surface area contributed by atoms with E-state index >= 15 is 0 Å². The summed E-state index contributed by atoms with van der Waals surface area (Å²) in [6.45, 7) is 4.31. The molecule has 5 nitrogen and oxygen atoms in total. The third kappa shape index (κ3) is 4.01. The highest BCUT2D eigenvalue weighted by Crippen LogP contribution is 2.13. The Hall–Kier alpha value is -1.59. The minimum Gasteiger partial charge on any atom is -0.480 e. The quantitative estimate of drug-likeness (QED) is 0.817. The first-order valence-electron chi connectivity index (χ1n) is 6.09. The summed E-state index contributed by atoms with van der Waals surface area (Å²) in [5, 5.41) is 11.5. The predicted octanol–water partition coefficient (Wildman–Crippen LogP) is 1.02. The summed E-state index contributed by atoms with van der Waals surface area (Å²) in [7, 11) is 0. The Kier molecular flexibility index (Phi) is 4.55. The van der Waals surface area contributed by atoms with E-state index in [1.54, 1.807) is 0 Å². The third-order valence-corrected chi connectivity index (χ3v) is 2.88. The molecule has 1 aromatic carbocycles. The number of rotatable bonds is 5. The fourth-order valence-electron chi connectivity index (χ4n) is 1.97. The van der Waals surface area contributed by atoms with E-state index in [2.05, 4.69) is 16.3 Å². The van der Waals surface area contributed by atoms with Crippen molar-refractivity contribution in [2.75, 3.05) is 38.2 Å². The maximum Gasteiger partial charge on any atom is 0.322 e. The van der Waals surface area contributed by atoms with Crippen molar-refractivity contribution in [2.24, 2.45) is 0 Å². The molecule has 1 aromatic rings. The predicted molar refractivity (Wildman–Crippen MR) is 68.7 cm³/mol. The van der Waals surface area contributed by atoms with Crippen LogP contribution >= 0.6 is 0 Å². The highest BCUT2D eigenvalue weighted by atomic mass is 16.5. The molecule has 1 aliphatic heterocycles. The molecule has 18 heavy (non-hydrogen) atoms. The summed E-state index contributed by atoms with van der Waals surface area (Å²) >= 11 is 0. The van der Waals surface area contributed by atoms with Crippen LogP contribution in [0.1, 0.15) is 5.56 Å². The van der Waals surface area contributed by atoms with Crippen molar-refractivity contribution in [3.05, 3.63) is 29.8 Å². The van der Waals surface area contributed by atoms with Crippen molar-refractivity contribution in [1.29, 1.82) is 0 Å². The summed E-state index contributed by atoms with van der Waals surface area (Å²) in [5.41, 5.74) is 2.04. The smallest absolute Gasteiger partial charge is 0.322 e. The average Bonchev–Trinajstić information content (AvgIpc) is 2.38. The summed E-state index contributed by atoms with van der Waals surface area (Å²) in [6.07, 6.45) is 0. The van der Waals surface area contributed by atoms with Crippen LogP contribution in [-0.2, 0) is 16.1 Å². The second kappa shape index (κ2) is 6.37. The minimum absolute atomic E-state index is 0.0546. The number of aliphatic carboxylic acids is 1. The van der Waals surface area contributed by atoms with Crippen molar-refractivity contribution in [3.63, 3.8) is 0 Å². The molecular weight excluding hydrogens is 232 g/mol. The molecule has 0 aliphatic carbocycles. The van der Waals surface area contributed by atoms with Gasteiger partial charge >= 0.3 is 5.97 Å². The second-order valence-electron chi connectivity index (χ2n) is 4.34. The maximum atomic E-state index is 10.5. The summed E-state index contributed by atoms with van der Waals surface area (Å²) < 4.78 is 5.31. The molecule has 98 valence electrons. The number of benzene rings is 1. The van der Waals surface area contributed by atoms with Gasteiger partial charge in [0.05, 0.1) is 13.2 Å². The van der Waals surface area contributed by atoms with Gasteiger partial charge in [-0.25, -0.2) is 0 Å². The maximum absolute atomic E-state index is 10.5. The van der Waals surface area contributed by atoms with Gasteiger partial charge in [-0.05, 0) is 17.7 Å². The zero-order chi connectivity index (χ0) is 12.8. The monoisotopic (exact) mass is 250 g/mol. The molecule has 0 saturated carbocycles. The Morgan fingerprint density at radius 3 is 2.89 bits per heavy atom. The first kappa shape index (κ1) is 12.9. The zero-order valence-corrected chi connectivity index (χ0v) is 10.3. The standard InChI is InChI=1S/C13H18N2O3/c16-13(17)9-14-12-3-1-2-11(8-12)10-15-4-6-18-7-5-15/h1-3,8,14H,4-7,9-10H2,(H,16,17). The number of carboxylic acids is 1. The molecule has 0 bridgehead atoms. The molecule has 5 heteroatoms. The Bertz CT molecular complexity index is 403. The average molecular weight is 250 g/mol. The van der Waals surface area contributed by atoms with Gasteiger partial charge in [0, 0.05) is 25.3 Å². The number of nitrogens with one attached hydrogen (secondary N) is 1. The van der Waals surface area contributed by atoms with Gasteiger partial charge in [0.2, 0.25) is 0 Å². The van der Waals surface area contributed by atoms with Gasteiger partial charge < -0.3 is 15.2 Å². The lowest BCUT2D eigenvalue weighted by molar-refractivity contribution is -0.134. The van der Waals surface area contributed by atoms with Crippen molar-refractivity contribution in [2.45, 2.75) is 6.54 Å². The van der Waals surface area contributed by atoms with E-state index in [0.717, 1.165) is 38.5 Å². The molecule has 0 radical (unpaired) electrons. The zero-order valence-electron chi connectivity index (χ0n) is 10.3. The number of hydrogen-bond donors (Lipinski definition) is 2. The first-order valence-corrected chi connectivity index (χ1v) is 6.09. The molecule has 0 unspecified atom stereocenters. The van der Waals surface area contributed by atoms with Crippen LogP contribution in [0.15, 0.2) is 24.3 Å². The largest absolute Gasteiger partial charge is 0.480 e. The van der Waals surface area contributed by atoms with Gasteiger partial charge in [-0.15, -0.1) is 0 Å². The van der Waals surface area contributed by atoms with E-state index < -0.39 is 5.97 Å². The fourth-order valence-corrected chi connectivity index (χ4v) is 1.97. The Balaban J connectivity index is 1.91. The molecule has 1 aliphatic rings. The minimum atomic E-state index is -0.853. The van der Waals surface area contributed by atoms with Crippen LogP contribution in [0.2, 0.25) is 0 Å². The van der Waals surface area contributed by atoms with E-state index in [1.165, 1.54) is 5.56 Å². The number of carboxylic acid groups (broad SMARTS) is 1. The summed E-state index contributed by atoms with van der Waals surface area (Å²) in [5.74, 6) is -0.853. The molecule has 1 fully saturated rings. The number of carbonyl (C=O) groups is 1. The fraction of sp³-hybridized carbons (Fsp3) is 0.462. The first-order chi connectivity index (χ1) is 8.74. The lowest BCUT2D eigenvalue weighted by Gasteiger charge is -2.26. The molecule has 2 rings (SSSR count). The second-order valence-corrected chi connectivity index (χ2v) is 4.34. The number of hydrogen-bond acceptors (Lipinski definition) is 4. The van der Waals surface area contributed by atoms with E-state index in [-0.39, 0.29) is 6.54 Å². The van der Waals surface area contributed by atoms with Gasteiger partial charge in [-0.1, -0.05) is 12.1 Å². The molecule has 0 spiro atoms. The summed E-state index contributed by atoms with van der Waals surface area (Å²) in [4.78, 5) is 12.8. The van der Waals surface area contributed by atoms with Crippen LogP contribution in [0.3, 0.4) is 0 Å². The lowest BCUT2D eigenvalue weighted by Crippen LogP contribution is -2.35. The Morgan fingerprint density at radius 1 is 1.39 bits per heavy atom. The molecule has 1 saturated heterocycles. The lowest BCUT2D eigenvalue weighted by atomic mass is 10.2. The molecule has 2 N–H and O–H groups in total. The number of ether oxygens (including phenoxy) is 1. The highest BCUT2D eigenvalue weighted by molar-refractivity contribution is 5.72. The van der Waals surface area contributed by atoms with Crippen LogP contribution < -0.4 is 5.32 Å². The highest BCUT2D eigenvalue weighted by Gasteiger charge is 2.10. The molecule has 0 aromatic heterocycles. The van der Waals surface area contributed by atoms with E-state index in [4.69, 9.17) is 9.84 Å². The van der Waals surface area contributed by atoms with Gasteiger partial charge in [-0.2, -0.15) is 0 Å². The molecule has 1 heterocycles. The number of nitrogens with zero attached hydrogens (tertiary/aromatic N) is 1. The van der Waals surface area contributed by atoms with Gasteiger partial charge in [-0.3, -0.25) is 9.69 Å². The van der Waals surface area contributed by atoms with Crippen LogP contribution in [0.25, 0.3) is 0 Å². The van der Waals surface area contributed by atoms with Crippen LogP contribution in [0, 0.1) is 0 Å². The van der Waals surface area contributed by atoms with Crippen LogP contribution in [-0.4, -0.2) is 48.8 Å². The van der Waals surface area contributed by atoms with Gasteiger partial charge in [0.25, 0.3) is 0 Å². The van der Waals surface area contributed by atoms with Crippen molar-refractivity contribution in [1.82, 2.24) is 4.90 Å². The van der Waals surface area contributed by atoms with Crippen molar-refractivity contribution >= 4 is 11.7 Å². The third-order valence-electron chi connectivity index (χ3n) is 2.88. The van der Waals surface area contributed by atoms with Crippen molar-refractivity contribution in [3.8, 4) is 0 Å². The normalized spacial score (nSPS) is 16.4. The Labute approximate surface area is 106 Å². The van der Waals surface area contributed by atoms with E-state index in [0.29, 0.717) is 0 Å². The van der Waals surface area contributed by atoms with Gasteiger partial charge in [0.15, 0.2) is 0 Å². The number of anilines is 1. The molecule has 0 amide bonds. The van der Waals surface area contributed by atoms with Gasteiger partial charge in [0.1, 0.15) is 6.54 Å². The van der Waals surface area contributed by atoms with Crippen molar-refractivity contribution < 1.29 is 14.6 Å².